The summed E-state index contributed by atoms with van der Waals surface area (Å²) in [6.07, 6.45) is 2.99. The van der Waals surface area contributed by atoms with Crippen LogP contribution in [0.4, 0.5) is 11.4 Å². The summed E-state index contributed by atoms with van der Waals surface area (Å²) < 4.78 is 5.26. The molecule has 0 heterocycles. The first kappa shape index (κ1) is 20.1. The maximum absolute atomic E-state index is 12.0. The molecule has 1 amide bonds. The van der Waals surface area contributed by atoms with E-state index in [0.29, 0.717) is 12.4 Å². The molecule has 0 unspecified atom stereocenters. The van der Waals surface area contributed by atoms with Crippen LogP contribution in [-0.4, -0.2) is 22.5 Å². The summed E-state index contributed by atoms with van der Waals surface area (Å²) in [4.78, 5) is 22.6. The number of nitro benzene ring substituents is 1. The minimum atomic E-state index is -0.549. The van der Waals surface area contributed by atoms with Crippen molar-refractivity contribution < 1.29 is 14.5 Å². The Morgan fingerprint density at radius 1 is 1.26 bits per heavy atom. The first-order chi connectivity index (χ1) is 12.9. The molecular formula is C19H19N3O4S. The first-order valence-electron chi connectivity index (χ1n) is 8.17. The van der Waals surface area contributed by atoms with Crippen LogP contribution in [0.2, 0.25) is 0 Å². The van der Waals surface area contributed by atoms with Crippen LogP contribution in [-0.2, 0) is 4.79 Å². The smallest absolute Gasteiger partial charge is 0.296 e. The number of hydrogen-bond donors (Lipinski definition) is 2. The van der Waals surface area contributed by atoms with E-state index in [1.807, 2.05) is 31.2 Å². The molecule has 2 N–H and O–H groups in total. The van der Waals surface area contributed by atoms with Crippen LogP contribution >= 0.6 is 12.2 Å². The molecule has 8 heteroatoms. The average Bonchev–Trinajstić information content (AvgIpc) is 2.62. The van der Waals surface area contributed by atoms with Crippen molar-refractivity contribution in [1.29, 1.82) is 0 Å². The molecular weight excluding hydrogens is 366 g/mol. The number of benzene rings is 2. The maximum atomic E-state index is 12.0. The van der Waals surface area contributed by atoms with Gasteiger partial charge in [0.2, 0.25) is 5.91 Å². The summed E-state index contributed by atoms with van der Waals surface area (Å²) in [7, 11) is 0. The lowest BCUT2D eigenvalue weighted by Gasteiger charge is -2.10. The molecule has 0 aliphatic rings. The summed E-state index contributed by atoms with van der Waals surface area (Å²) in [6.45, 7) is 4.16. The molecule has 0 aliphatic heterocycles. The minimum absolute atomic E-state index is 0.0409. The molecule has 0 radical (unpaired) electrons. The van der Waals surface area contributed by atoms with Gasteiger partial charge in [0, 0.05) is 6.08 Å². The number of nitrogens with one attached hydrogen (secondary N) is 2. The highest BCUT2D eigenvalue weighted by molar-refractivity contribution is 7.80. The molecule has 0 bridgehead atoms. The van der Waals surface area contributed by atoms with E-state index in [0.717, 1.165) is 11.1 Å². The van der Waals surface area contributed by atoms with Gasteiger partial charge >= 0.3 is 0 Å². The third kappa shape index (κ3) is 6.19. The van der Waals surface area contributed by atoms with Gasteiger partial charge in [-0.05, 0) is 49.8 Å². The summed E-state index contributed by atoms with van der Waals surface area (Å²) in [6, 6.07) is 12.0. The number of ether oxygens (including phenoxy) is 1. The van der Waals surface area contributed by atoms with Crippen molar-refractivity contribution in [3.63, 3.8) is 0 Å². The van der Waals surface area contributed by atoms with E-state index in [-0.39, 0.29) is 16.5 Å². The van der Waals surface area contributed by atoms with Gasteiger partial charge in [-0.2, -0.15) is 0 Å². The van der Waals surface area contributed by atoms with Gasteiger partial charge in [0.25, 0.3) is 5.69 Å². The number of hydrogen-bond acceptors (Lipinski definition) is 5. The first-order valence-corrected chi connectivity index (χ1v) is 8.58. The highest BCUT2D eigenvalue weighted by atomic mass is 32.1. The number of carbonyl (C=O) groups is 1. The SMILES string of the molecule is CCOc1ccc(NC(=S)NC(=O)C=Cc2ccc(C)cc2)c([N+](=O)[O-])c1. The number of thiocarbonyl (C=S) groups is 1. The fourth-order valence-corrected chi connectivity index (χ4v) is 2.39. The largest absolute Gasteiger partial charge is 0.494 e. The highest BCUT2D eigenvalue weighted by Gasteiger charge is 2.16. The van der Waals surface area contributed by atoms with Crippen molar-refractivity contribution in [2.24, 2.45) is 0 Å². The number of anilines is 1. The Balaban J connectivity index is 2.01. The zero-order chi connectivity index (χ0) is 19.8. The number of aryl methyl sites for hydroxylation is 1. The Kier molecular flexibility index (Phi) is 7.01. The predicted molar refractivity (Wildman–Crippen MR) is 109 cm³/mol. The van der Waals surface area contributed by atoms with Gasteiger partial charge < -0.3 is 10.1 Å². The number of amides is 1. The average molecular weight is 385 g/mol. The Bertz CT molecular complexity index is 879. The van der Waals surface area contributed by atoms with E-state index in [1.54, 1.807) is 19.1 Å². The summed E-state index contributed by atoms with van der Waals surface area (Å²) in [5.74, 6) is -0.0626. The maximum Gasteiger partial charge on any atom is 0.296 e. The zero-order valence-electron chi connectivity index (χ0n) is 14.9. The standard InChI is InChI=1S/C19H19N3O4S/c1-3-26-15-9-10-16(17(12-15)22(24)25)20-19(27)21-18(23)11-8-14-6-4-13(2)5-7-14/h4-12H,3H2,1-2H3,(H2,20,21,23,27). The van der Waals surface area contributed by atoms with E-state index < -0.39 is 10.8 Å². The lowest BCUT2D eigenvalue weighted by atomic mass is 10.1. The van der Waals surface area contributed by atoms with Crippen molar-refractivity contribution >= 4 is 40.7 Å². The molecule has 2 aromatic rings. The topological polar surface area (TPSA) is 93.5 Å². The van der Waals surface area contributed by atoms with Gasteiger partial charge in [-0.3, -0.25) is 20.2 Å². The molecule has 0 saturated heterocycles. The van der Waals surface area contributed by atoms with Crippen LogP contribution in [0.25, 0.3) is 6.08 Å². The fraction of sp³-hybridized carbons (Fsp3) is 0.158. The number of nitro groups is 1. The van der Waals surface area contributed by atoms with Gasteiger partial charge in [0.1, 0.15) is 11.4 Å². The van der Waals surface area contributed by atoms with E-state index in [9.17, 15) is 14.9 Å². The fourth-order valence-electron chi connectivity index (χ4n) is 2.18. The van der Waals surface area contributed by atoms with Crippen molar-refractivity contribution in [3.05, 3.63) is 69.8 Å². The lowest BCUT2D eigenvalue weighted by Crippen LogP contribution is -2.33. The molecule has 0 saturated carbocycles. The normalized spacial score (nSPS) is 10.4. The number of nitrogens with zero attached hydrogens (tertiary/aromatic N) is 1. The molecule has 7 nitrogen and oxygen atoms in total. The van der Waals surface area contributed by atoms with Crippen molar-refractivity contribution in [2.75, 3.05) is 11.9 Å². The second-order valence-corrected chi connectivity index (χ2v) is 5.96. The molecule has 0 aliphatic carbocycles. The molecule has 0 spiro atoms. The molecule has 0 fully saturated rings. The third-order valence-corrected chi connectivity index (χ3v) is 3.67. The second kappa shape index (κ2) is 9.44. The van der Waals surface area contributed by atoms with Crippen LogP contribution in [0.15, 0.2) is 48.5 Å². The quantitative estimate of drug-likeness (QED) is 0.340. The van der Waals surface area contributed by atoms with Crippen LogP contribution in [0.5, 0.6) is 5.75 Å². The van der Waals surface area contributed by atoms with Crippen LogP contribution in [0.1, 0.15) is 18.1 Å². The van der Waals surface area contributed by atoms with Crippen molar-refractivity contribution in [2.45, 2.75) is 13.8 Å². The Labute approximate surface area is 162 Å². The van der Waals surface area contributed by atoms with Gasteiger partial charge in [0.05, 0.1) is 17.6 Å². The lowest BCUT2D eigenvalue weighted by molar-refractivity contribution is -0.384. The molecule has 0 aromatic heterocycles. The number of rotatable bonds is 6. The van der Waals surface area contributed by atoms with E-state index in [1.165, 1.54) is 18.2 Å². The van der Waals surface area contributed by atoms with Crippen LogP contribution in [0, 0.1) is 17.0 Å². The predicted octanol–water partition coefficient (Wildman–Crippen LogP) is 3.83. The Morgan fingerprint density at radius 2 is 1.96 bits per heavy atom. The Hall–Kier alpha value is -3.26. The van der Waals surface area contributed by atoms with Crippen molar-refractivity contribution in [3.8, 4) is 5.75 Å². The summed E-state index contributed by atoms with van der Waals surface area (Å²) in [5.41, 5.74) is 1.96. The van der Waals surface area contributed by atoms with Gasteiger partial charge in [-0.25, -0.2) is 0 Å². The highest BCUT2D eigenvalue weighted by Crippen LogP contribution is 2.29. The monoisotopic (exact) mass is 385 g/mol. The summed E-state index contributed by atoms with van der Waals surface area (Å²) >= 11 is 5.06. The zero-order valence-corrected chi connectivity index (χ0v) is 15.7. The number of carbonyl (C=O) groups excluding carboxylic acids is 1. The molecule has 2 rings (SSSR count). The Morgan fingerprint density at radius 3 is 2.59 bits per heavy atom. The third-order valence-electron chi connectivity index (χ3n) is 3.47. The molecule has 140 valence electrons. The summed E-state index contributed by atoms with van der Waals surface area (Å²) in [5, 5.41) is 16.3. The van der Waals surface area contributed by atoms with E-state index in [4.69, 9.17) is 17.0 Å². The van der Waals surface area contributed by atoms with Crippen LogP contribution in [0.3, 0.4) is 0 Å². The van der Waals surface area contributed by atoms with E-state index >= 15 is 0 Å². The molecule has 0 atom stereocenters. The van der Waals surface area contributed by atoms with E-state index in [2.05, 4.69) is 10.6 Å². The molecule has 27 heavy (non-hydrogen) atoms. The second-order valence-electron chi connectivity index (χ2n) is 5.56. The van der Waals surface area contributed by atoms with Gasteiger partial charge in [-0.15, -0.1) is 0 Å². The van der Waals surface area contributed by atoms with Gasteiger partial charge in [-0.1, -0.05) is 29.8 Å². The minimum Gasteiger partial charge on any atom is -0.494 e. The van der Waals surface area contributed by atoms with Crippen molar-refractivity contribution in [1.82, 2.24) is 5.32 Å². The van der Waals surface area contributed by atoms with Crippen LogP contribution < -0.4 is 15.4 Å². The van der Waals surface area contributed by atoms with Gasteiger partial charge in [0.15, 0.2) is 5.11 Å². The molecule has 2 aromatic carbocycles.